The fraction of sp³-hybridized carbons (Fsp3) is 0.429. The molecule has 2 aromatic rings. The molecule has 1 heterocycles. The lowest BCUT2D eigenvalue weighted by atomic mass is 9.97. The van der Waals surface area contributed by atoms with Gasteiger partial charge in [0.05, 0.1) is 6.10 Å². The van der Waals surface area contributed by atoms with Crippen LogP contribution in [0.3, 0.4) is 0 Å². The van der Waals surface area contributed by atoms with Crippen molar-refractivity contribution in [2.24, 2.45) is 0 Å². The normalized spacial score (nSPS) is 14.8. The molecular weight excluding hydrogens is 371 g/mol. The summed E-state index contributed by atoms with van der Waals surface area (Å²) in [5.74, 6) is -1.74. The molecule has 7 heteroatoms. The maximum atomic E-state index is 10.6. The van der Waals surface area contributed by atoms with E-state index in [0.717, 1.165) is 5.75 Å². The molecule has 1 saturated carbocycles. The van der Waals surface area contributed by atoms with Crippen LogP contribution in [0.5, 0.6) is 5.75 Å². The van der Waals surface area contributed by atoms with E-state index in [2.05, 4.69) is 43.1 Å². The van der Waals surface area contributed by atoms with Crippen molar-refractivity contribution >= 4 is 22.8 Å². The molecule has 1 aromatic heterocycles. The van der Waals surface area contributed by atoms with Gasteiger partial charge in [0, 0.05) is 23.3 Å². The average molecular weight is 395 g/mol. The molecule has 1 fully saturated rings. The van der Waals surface area contributed by atoms with Gasteiger partial charge in [-0.1, -0.05) is 18.1 Å². The fourth-order valence-electron chi connectivity index (χ4n) is 3.08. The SMILES string of the molecule is CC(C)=Cc1c(OC2CCCCC2)ccc2cnccc12.O=C(O)C(F)(F)F. The first-order valence-electron chi connectivity index (χ1n) is 9.17. The highest BCUT2D eigenvalue weighted by Gasteiger charge is 2.38. The molecule has 28 heavy (non-hydrogen) atoms. The van der Waals surface area contributed by atoms with E-state index in [1.54, 1.807) is 0 Å². The number of ether oxygens (including phenoxy) is 1. The number of aliphatic carboxylic acids is 1. The predicted molar refractivity (Wildman–Crippen MR) is 102 cm³/mol. The summed E-state index contributed by atoms with van der Waals surface area (Å²) in [6, 6.07) is 6.30. The summed E-state index contributed by atoms with van der Waals surface area (Å²) in [5, 5.41) is 9.51. The van der Waals surface area contributed by atoms with Crippen LogP contribution in [0, 0.1) is 0 Å². The third-order valence-electron chi connectivity index (χ3n) is 4.34. The van der Waals surface area contributed by atoms with Crippen LogP contribution in [0.1, 0.15) is 51.5 Å². The molecule has 0 aliphatic heterocycles. The van der Waals surface area contributed by atoms with Crippen molar-refractivity contribution in [3.8, 4) is 5.75 Å². The zero-order chi connectivity index (χ0) is 20.7. The van der Waals surface area contributed by atoms with E-state index in [1.165, 1.54) is 54.0 Å². The first kappa shape index (κ1) is 21.7. The molecule has 0 atom stereocenters. The number of nitrogens with zero attached hydrogens (tertiary/aromatic N) is 1. The van der Waals surface area contributed by atoms with Crippen molar-refractivity contribution < 1.29 is 27.8 Å². The third kappa shape index (κ3) is 6.25. The van der Waals surface area contributed by atoms with Crippen molar-refractivity contribution in [1.29, 1.82) is 0 Å². The highest BCUT2D eigenvalue weighted by Crippen LogP contribution is 2.32. The number of hydrogen-bond acceptors (Lipinski definition) is 3. The fourth-order valence-corrected chi connectivity index (χ4v) is 3.08. The topological polar surface area (TPSA) is 59.4 Å². The van der Waals surface area contributed by atoms with Crippen LogP contribution >= 0.6 is 0 Å². The number of alkyl halides is 3. The minimum Gasteiger partial charge on any atom is -0.490 e. The summed E-state index contributed by atoms with van der Waals surface area (Å²) >= 11 is 0. The summed E-state index contributed by atoms with van der Waals surface area (Å²) in [4.78, 5) is 13.1. The van der Waals surface area contributed by atoms with E-state index in [1.807, 2.05) is 12.4 Å². The number of rotatable bonds is 3. The van der Waals surface area contributed by atoms with Gasteiger partial charge in [-0.15, -0.1) is 0 Å². The highest BCUT2D eigenvalue weighted by atomic mass is 19.4. The Kier molecular flexibility index (Phi) is 7.43. The Morgan fingerprint density at radius 3 is 2.39 bits per heavy atom. The molecule has 0 radical (unpaired) electrons. The van der Waals surface area contributed by atoms with Crippen LogP contribution in [0.4, 0.5) is 13.2 Å². The molecule has 3 rings (SSSR count). The zero-order valence-electron chi connectivity index (χ0n) is 15.9. The Morgan fingerprint density at radius 2 is 1.82 bits per heavy atom. The number of halogens is 3. The minimum absolute atomic E-state index is 0.377. The molecule has 1 aliphatic carbocycles. The van der Waals surface area contributed by atoms with Gasteiger partial charge in [-0.3, -0.25) is 4.98 Å². The number of carboxylic acid groups (broad SMARTS) is 1. The largest absolute Gasteiger partial charge is 0.490 e. The molecule has 0 saturated heterocycles. The van der Waals surface area contributed by atoms with Crippen molar-refractivity contribution in [1.82, 2.24) is 4.98 Å². The lowest BCUT2D eigenvalue weighted by molar-refractivity contribution is -0.192. The van der Waals surface area contributed by atoms with Gasteiger partial charge in [0.1, 0.15) is 5.75 Å². The van der Waals surface area contributed by atoms with Crippen molar-refractivity contribution in [3.05, 3.63) is 41.7 Å². The summed E-state index contributed by atoms with van der Waals surface area (Å²) in [7, 11) is 0. The van der Waals surface area contributed by atoms with Gasteiger partial charge in [0.2, 0.25) is 0 Å². The summed E-state index contributed by atoms with van der Waals surface area (Å²) in [6.45, 7) is 4.26. The Bertz CT molecular complexity index is 836. The molecule has 152 valence electrons. The number of aromatic nitrogens is 1. The van der Waals surface area contributed by atoms with Crippen LogP contribution in [0.15, 0.2) is 36.2 Å². The number of allylic oxidation sites excluding steroid dienone is 1. The Hall–Kier alpha value is -2.57. The number of carbonyl (C=O) groups is 1. The van der Waals surface area contributed by atoms with Gasteiger partial charge in [-0.25, -0.2) is 4.79 Å². The quantitative estimate of drug-likeness (QED) is 0.692. The lowest BCUT2D eigenvalue weighted by Crippen LogP contribution is -2.21. The number of carboxylic acids is 1. The van der Waals surface area contributed by atoms with Crippen LogP contribution in [0.2, 0.25) is 0 Å². The van der Waals surface area contributed by atoms with Gasteiger partial charge >= 0.3 is 12.1 Å². The number of pyridine rings is 1. The smallest absolute Gasteiger partial charge is 0.490 e. The monoisotopic (exact) mass is 395 g/mol. The standard InChI is InChI=1S/C19H23NO.C2HF3O2/c1-14(2)12-18-17-10-11-20-13-15(17)8-9-19(18)21-16-6-4-3-5-7-16;3-2(4,5)1(6)7/h8-13,16H,3-7H2,1-2H3;(H,6,7). The number of fused-ring (bicyclic) bond motifs is 1. The molecule has 1 N–H and O–H groups in total. The van der Waals surface area contributed by atoms with Gasteiger partial charge in [0.15, 0.2) is 0 Å². The van der Waals surface area contributed by atoms with Gasteiger partial charge in [-0.05, 0) is 63.1 Å². The highest BCUT2D eigenvalue weighted by molar-refractivity contribution is 5.92. The second-order valence-electron chi connectivity index (χ2n) is 6.98. The molecule has 0 unspecified atom stereocenters. The molecule has 0 amide bonds. The molecule has 1 aliphatic rings. The van der Waals surface area contributed by atoms with Crippen LogP contribution in [-0.2, 0) is 4.79 Å². The second kappa shape index (κ2) is 9.57. The van der Waals surface area contributed by atoms with Crippen molar-refractivity contribution in [2.45, 2.75) is 58.2 Å². The number of hydrogen-bond donors (Lipinski definition) is 1. The molecule has 0 spiro atoms. The van der Waals surface area contributed by atoms with E-state index in [0.29, 0.717) is 6.10 Å². The maximum absolute atomic E-state index is 10.6. The van der Waals surface area contributed by atoms with E-state index >= 15 is 0 Å². The summed E-state index contributed by atoms with van der Waals surface area (Å²) < 4.78 is 38.1. The van der Waals surface area contributed by atoms with E-state index in [4.69, 9.17) is 14.6 Å². The van der Waals surface area contributed by atoms with Crippen molar-refractivity contribution in [3.63, 3.8) is 0 Å². The van der Waals surface area contributed by atoms with Gasteiger partial charge < -0.3 is 9.84 Å². The first-order valence-corrected chi connectivity index (χ1v) is 9.17. The Balaban J connectivity index is 0.000000345. The third-order valence-corrected chi connectivity index (χ3v) is 4.34. The van der Waals surface area contributed by atoms with Crippen LogP contribution in [-0.4, -0.2) is 28.3 Å². The Morgan fingerprint density at radius 1 is 1.18 bits per heavy atom. The summed E-state index contributed by atoms with van der Waals surface area (Å²) in [5.41, 5.74) is 2.48. The predicted octanol–water partition coefficient (Wildman–Crippen LogP) is 6.00. The van der Waals surface area contributed by atoms with Crippen molar-refractivity contribution in [2.75, 3.05) is 0 Å². The van der Waals surface area contributed by atoms with E-state index in [9.17, 15) is 13.2 Å². The second-order valence-corrected chi connectivity index (χ2v) is 6.98. The minimum atomic E-state index is -5.08. The van der Waals surface area contributed by atoms with Crippen LogP contribution < -0.4 is 4.74 Å². The lowest BCUT2D eigenvalue weighted by Gasteiger charge is -2.24. The first-order chi connectivity index (χ1) is 13.2. The maximum Gasteiger partial charge on any atom is 0.490 e. The molecule has 1 aromatic carbocycles. The zero-order valence-corrected chi connectivity index (χ0v) is 15.9. The number of benzene rings is 1. The van der Waals surface area contributed by atoms with Crippen LogP contribution in [0.25, 0.3) is 16.8 Å². The Labute approximate surface area is 162 Å². The molecular formula is C21H24F3NO3. The van der Waals surface area contributed by atoms with Gasteiger partial charge in [0.25, 0.3) is 0 Å². The van der Waals surface area contributed by atoms with Gasteiger partial charge in [-0.2, -0.15) is 13.2 Å². The summed E-state index contributed by atoms with van der Waals surface area (Å²) in [6.07, 6.45) is 7.59. The van der Waals surface area contributed by atoms with E-state index in [-0.39, 0.29) is 0 Å². The molecule has 4 nitrogen and oxygen atoms in total. The molecule has 0 bridgehead atoms. The van der Waals surface area contributed by atoms with E-state index < -0.39 is 12.1 Å². The average Bonchev–Trinajstić information content (AvgIpc) is 2.64.